The molecule has 15 heavy (non-hydrogen) atoms. The average Bonchev–Trinajstić information content (AvgIpc) is 2.60. The highest BCUT2D eigenvalue weighted by atomic mass is 15.3. The number of rotatable bonds is 6. The van der Waals surface area contributed by atoms with Crippen molar-refractivity contribution in [3.63, 3.8) is 0 Å². The average molecular weight is 209 g/mol. The first-order valence-electron chi connectivity index (χ1n) is 6.00. The Morgan fingerprint density at radius 1 is 1.33 bits per heavy atom. The third kappa shape index (κ3) is 3.34. The van der Waals surface area contributed by atoms with E-state index in [1.54, 1.807) is 0 Å². The van der Waals surface area contributed by atoms with Crippen molar-refractivity contribution >= 4 is 0 Å². The fourth-order valence-electron chi connectivity index (χ4n) is 1.80. The van der Waals surface area contributed by atoms with E-state index < -0.39 is 0 Å². The third-order valence-corrected chi connectivity index (χ3v) is 2.64. The maximum absolute atomic E-state index is 4.60. The highest BCUT2D eigenvalue weighted by molar-refractivity contribution is 5.10. The largest absolute Gasteiger partial charge is 0.313 e. The van der Waals surface area contributed by atoms with Crippen molar-refractivity contribution in [3.05, 3.63) is 17.5 Å². The van der Waals surface area contributed by atoms with Crippen molar-refractivity contribution in [2.75, 3.05) is 6.54 Å². The molecule has 1 unspecified atom stereocenters. The molecule has 0 fully saturated rings. The number of aromatic nitrogens is 2. The standard InChI is InChI=1S/C12H23N3/c1-5-11-8-12(6-2)15(14-11)9-10(4)13-7-3/h8,10,13H,5-7,9H2,1-4H3. The number of nitrogens with zero attached hydrogens (tertiary/aromatic N) is 2. The molecular weight excluding hydrogens is 186 g/mol. The molecule has 1 aromatic rings. The first kappa shape index (κ1) is 12.2. The van der Waals surface area contributed by atoms with Crippen LogP contribution >= 0.6 is 0 Å². The van der Waals surface area contributed by atoms with Crippen molar-refractivity contribution < 1.29 is 0 Å². The minimum absolute atomic E-state index is 0.491. The van der Waals surface area contributed by atoms with E-state index in [9.17, 15) is 0 Å². The van der Waals surface area contributed by atoms with Crippen LogP contribution in [0.4, 0.5) is 0 Å². The zero-order valence-electron chi connectivity index (χ0n) is 10.4. The van der Waals surface area contributed by atoms with Crippen molar-refractivity contribution in [3.8, 4) is 0 Å². The zero-order valence-corrected chi connectivity index (χ0v) is 10.4. The van der Waals surface area contributed by atoms with E-state index in [4.69, 9.17) is 0 Å². The second-order valence-corrected chi connectivity index (χ2v) is 3.97. The Balaban J connectivity index is 2.69. The van der Waals surface area contributed by atoms with Crippen LogP contribution in [0.25, 0.3) is 0 Å². The summed E-state index contributed by atoms with van der Waals surface area (Å²) in [5.41, 5.74) is 2.55. The summed E-state index contributed by atoms with van der Waals surface area (Å²) < 4.78 is 2.14. The monoisotopic (exact) mass is 209 g/mol. The topological polar surface area (TPSA) is 29.9 Å². The van der Waals surface area contributed by atoms with Crippen LogP contribution in [0.2, 0.25) is 0 Å². The molecule has 0 radical (unpaired) electrons. The van der Waals surface area contributed by atoms with Crippen LogP contribution in [-0.2, 0) is 19.4 Å². The van der Waals surface area contributed by atoms with Crippen molar-refractivity contribution in [2.24, 2.45) is 0 Å². The molecule has 0 saturated heterocycles. The molecule has 0 aliphatic heterocycles. The lowest BCUT2D eigenvalue weighted by atomic mass is 10.2. The highest BCUT2D eigenvalue weighted by Gasteiger charge is 2.08. The summed E-state index contributed by atoms with van der Waals surface area (Å²) in [5, 5.41) is 8.01. The van der Waals surface area contributed by atoms with E-state index in [2.05, 4.69) is 48.9 Å². The van der Waals surface area contributed by atoms with Crippen LogP contribution in [-0.4, -0.2) is 22.4 Å². The first-order valence-corrected chi connectivity index (χ1v) is 6.00. The van der Waals surface area contributed by atoms with Gasteiger partial charge in [-0.3, -0.25) is 4.68 Å². The number of aryl methyl sites for hydroxylation is 2. The Morgan fingerprint density at radius 3 is 2.60 bits per heavy atom. The lowest BCUT2D eigenvalue weighted by Gasteiger charge is -2.13. The van der Waals surface area contributed by atoms with Crippen LogP contribution in [0.5, 0.6) is 0 Å². The molecule has 0 bridgehead atoms. The van der Waals surface area contributed by atoms with E-state index in [-0.39, 0.29) is 0 Å². The second-order valence-electron chi connectivity index (χ2n) is 3.97. The van der Waals surface area contributed by atoms with Crippen LogP contribution < -0.4 is 5.32 Å². The van der Waals surface area contributed by atoms with Gasteiger partial charge in [0.15, 0.2) is 0 Å². The molecule has 0 amide bonds. The molecule has 1 atom stereocenters. The van der Waals surface area contributed by atoms with Gasteiger partial charge >= 0.3 is 0 Å². The molecule has 0 aromatic carbocycles. The minimum Gasteiger partial charge on any atom is -0.313 e. The van der Waals surface area contributed by atoms with Gasteiger partial charge in [-0.1, -0.05) is 20.8 Å². The Bertz CT molecular complexity index is 291. The van der Waals surface area contributed by atoms with Gasteiger partial charge < -0.3 is 5.32 Å². The van der Waals surface area contributed by atoms with Gasteiger partial charge in [-0.25, -0.2) is 0 Å². The molecule has 3 heteroatoms. The maximum Gasteiger partial charge on any atom is 0.0624 e. The summed E-state index contributed by atoms with van der Waals surface area (Å²) in [5.74, 6) is 0. The number of hydrogen-bond acceptors (Lipinski definition) is 2. The molecule has 0 spiro atoms. The SMILES string of the molecule is CCNC(C)Cn1nc(CC)cc1CC. The van der Waals surface area contributed by atoms with Crippen LogP contribution in [0.15, 0.2) is 6.07 Å². The molecule has 86 valence electrons. The molecule has 1 rings (SSSR count). The minimum atomic E-state index is 0.491. The van der Waals surface area contributed by atoms with E-state index in [1.807, 2.05) is 0 Å². The van der Waals surface area contributed by atoms with Gasteiger partial charge in [0.1, 0.15) is 0 Å². The molecule has 0 saturated carbocycles. The summed E-state index contributed by atoms with van der Waals surface area (Å²) in [6.45, 7) is 10.7. The van der Waals surface area contributed by atoms with Crippen molar-refractivity contribution in [1.82, 2.24) is 15.1 Å². The fourth-order valence-corrected chi connectivity index (χ4v) is 1.80. The lowest BCUT2D eigenvalue weighted by Crippen LogP contribution is -2.31. The van der Waals surface area contributed by atoms with E-state index in [0.29, 0.717) is 6.04 Å². The number of nitrogens with one attached hydrogen (secondary N) is 1. The predicted molar refractivity (Wildman–Crippen MR) is 64.1 cm³/mol. The smallest absolute Gasteiger partial charge is 0.0624 e. The molecule has 3 nitrogen and oxygen atoms in total. The van der Waals surface area contributed by atoms with Crippen LogP contribution in [0, 0.1) is 0 Å². The van der Waals surface area contributed by atoms with Crippen LogP contribution in [0.1, 0.15) is 39.1 Å². The van der Waals surface area contributed by atoms with E-state index >= 15 is 0 Å². The molecule has 1 heterocycles. The lowest BCUT2D eigenvalue weighted by molar-refractivity contribution is 0.450. The number of likely N-dealkylation sites (N-methyl/N-ethyl adjacent to an activating group) is 1. The number of hydrogen-bond donors (Lipinski definition) is 1. The Labute approximate surface area is 92.9 Å². The van der Waals surface area contributed by atoms with Gasteiger partial charge in [0.05, 0.1) is 12.2 Å². The predicted octanol–water partition coefficient (Wildman–Crippen LogP) is 2.01. The van der Waals surface area contributed by atoms with E-state index in [0.717, 1.165) is 25.9 Å². The molecular formula is C12H23N3. The Hall–Kier alpha value is -0.830. The van der Waals surface area contributed by atoms with Gasteiger partial charge in [0.25, 0.3) is 0 Å². The quantitative estimate of drug-likeness (QED) is 0.776. The summed E-state index contributed by atoms with van der Waals surface area (Å²) in [4.78, 5) is 0. The summed E-state index contributed by atoms with van der Waals surface area (Å²) in [6, 6.07) is 2.71. The van der Waals surface area contributed by atoms with E-state index in [1.165, 1.54) is 11.4 Å². The van der Waals surface area contributed by atoms with Gasteiger partial charge in [0, 0.05) is 11.7 Å². The Morgan fingerprint density at radius 2 is 2.07 bits per heavy atom. The maximum atomic E-state index is 4.60. The third-order valence-electron chi connectivity index (χ3n) is 2.64. The van der Waals surface area contributed by atoms with Gasteiger partial charge in [-0.15, -0.1) is 0 Å². The van der Waals surface area contributed by atoms with Gasteiger partial charge in [-0.2, -0.15) is 5.10 Å². The summed E-state index contributed by atoms with van der Waals surface area (Å²) in [7, 11) is 0. The normalized spacial score (nSPS) is 13.1. The van der Waals surface area contributed by atoms with Crippen LogP contribution in [0.3, 0.4) is 0 Å². The zero-order chi connectivity index (χ0) is 11.3. The van der Waals surface area contributed by atoms with Gasteiger partial charge in [0.2, 0.25) is 0 Å². The molecule has 1 N–H and O–H groups in total. The molecule has 1 aromatic heterocycles. The Kier molecular flexibility index (Phi) is 4.82. The van der Waals surface area contributed by atoms with Crippen molar-refractivity contribution in [2.45, 2.75) is 53.1 Å². The first-order chi connectivity index (χ1) is 7.21. The van der Waals surface area contributed by atoms with Crippen molar-refractivity contribution in [1.29, 1.82) is 0 Å². The molecule has 0 aliphatic rings. The molecule has 0 aliphatic carbocycles. The second kappa shape index (κ2) is 5.91. The highest BCUT2D eigenvalue weighted by Crippen LogP contribution is 2.07. The summed E-state index contributed by atoms with van der Waals surface area (Å²) in [6.07, 6.45) is 2.08. The summed E-state index contributed by atoms with van der Waals surface area (Å²) >= 11 is 0. The fraction of sp³-hybridized carbons (Fsp3) is 0.750. The van der Waals surface area contributed by atoms with Gasteiger partial charge in [-0.05, 0) is 32.4 Å².